The fraction of sp³-hybridized carbons (Fsp3) is 0.188. The number of hydrogen-bond donors (Lipinski definition) is 0. The van der Waals surface area contributed by atoms with Crippen LogP contribution in [0.2, 0.25) is 5.02 Å². The molecule has 0 N–H and O–H groups in total. The largest absolute Gasteiger partial charge is 0.496 e. The SMILES string of the molecule is COc1ccc(Cl)cc1CO/N=C/c1ccccc1OC(F)F. The number of nitrogens with zero attached hydrogens (tertiary/aromatic N) is 1. The minimum absolute atomic E-state index is 0.0233. The third kappa shape index (κ3) is 5.10. The number of rotatable bonds is 7. The highest BCUT2D eigenvalue weighted by atomic mass is 35.5. The molecule has 0 amide bonds. The molecule has 2 aromatic rings. The van der Waals surface area contributed by atoms with Gasteiger partial charge in [-0.2, -0.15) is 8.78 Å². The molecular formula is C16H14ClF2NO3. The van der Waals surface area contributed by atoms with Gasteiger partial charge in [-0.05, 0) is 30.3 Å². The zero-order valence-corrected chi connectivity index (χ0v) is 13.0. The van der Waals surface area contributed by atoms with Gasteiger partial charge in [-0.3, -0.25) is 0 Å². The van der Waals surface area contributed by atoms with Gasteiger partial charge in [0.2, 0.25) is 0 Å². The van der Waals surface area contributed by atoms with Crippen LogP contribution in [0.4, 0.5) is 8.78 Å². The van der Waals surface area contributed by atoms with Gasteiger partial charge in [0.15, 0.2) is 0 Å². The van der Waals surface area contributed by atoms with Gasteiger partial charge in [0, 0.05) is 16.1 Å². The molecular weight excluding hydrogens is 328 g/mol. The molecule has 2 aromatic carbocycles. The van der Waals surface area contributed by atoms with Crippen LogP contribution in [0.1, 0.15) is 11.1 Å². The molecule has 0 saturated heterocycles. The van der Waals surface area contributed by atoms with Gasteiger partial charge >= 0.3 is 6.61 Å². The fourth-order valence-electron chi connectivity index (χ4n) is 1.85. The van der Waals surface area contributed by atoms with Gasteiger partial charge < -0.3 is 14.3 Å². The molecule has 0 radical (unpaired) electrons. The molecule has 0 spiro atoms. The van der Waals surface area contributed by atoms with Crippen molar-refractivity contribution in [1.29, 1.82) is 0 Å². The van der Waals surface area contributed by atoms with Gasteiger partial charge in [0.05, 0.1) is 13.3 Å². The Hall–Kier alpha value is -2.34. The van der Waals surface area contributed by atoms with Gasteiger partial charge in [-0.1, -0.05) is 28.9 Å². The maximum absolute atomic E-state index is 12.3. The Morgan fingerprint density at radius 2 is 1.96 bits per heavy atom. The third-order valence-electron chi connectivity index (χ3n) is 2.86. The van der Waals surface area contributed by atoms with E-state index in [0.29, 0.717) is 21.9 Å². The third-order valence-corrected chi connectivity index (χ3v) is 3.10. The summed E-state index contributed by atoms with van der Waals surface area (Å²) in [6.07, 6.45) is 1.30. The fourth-order valence-corrected chi connectivity index (χ4v) is 2.05. The number of benzene rings is 2. The second-order valence-electron chi connectivity index (χ2n) is 4.38. The number of para-hydroxylation sites is 1. The monoisotopic (exact) mass is 341 g/mol. The molecule has 2 rings (SSSR count). The summed E-state index contributed by atoms with van der Waals surface area (Å²) >= 11 is 5.91. The number of methoxy groups -OCH3 is 1. The van der Waals surface area contributed by atoms with Crippen molar-refractivity contribution >= 4 is 17.8 Å². The summed E-state index contributed by atoms with van der Waals surface area (Å²) in [7, 11) is 1.54. The van der Waals surface area contributed by atoms with E-state index in [4.69, 9.17) is 21.2 Å². The van der Waals surface area contributed by atoms with Crippen LogP contribution < -0.4 is 9.47 Å². The lowest BCUT2D eigenvalue weighted by molar-refractivity contribution is -0.0499. The summed E-state index contributed by atoms with van der Waals surface area (Å²) in [6, 6.07) is 11.4. The summed E-state index contributed by atoms with van der Waals surface area (Å²) in [4.78, 5) is 5.17. The molecule has 122 valence electrons. The van der Waals surface area contributed by atoms with Crippen LogP contribution >= 0.6 is 11.6 Å². The first kappa shape index (κ1) is 17.0. The summed E-state index contributed by atoms with van der Waals surface area (Å²) in [5.41, 5.74) is 1.10. The maximum atomic E-state index is 12.3. The van der Waals surface area contributed by atoms with E-state index in [1.807, 2.05) is 0 Å². The second kappa shape index (κ2) is 8.33. The molecule has 0 aliphatic rings. The van der Waals surface area contributed by atoms with E-state index in [2.05, 4.69) is 9.89 Å². The van der Waals surface area contributed by atoms with Crippen LogP contribution in [0.15, 0.2) is 47.6 Å². The summed E-state index contributed by atoms with van der Waals surface area (Å²) in [6.45, 7) is -2.78. The summed E-state index contributed by atoms with van der Waals surface area (Å²) < 4.78 is 34.2. The summed E-state index contributed by atoms with van der Waals surface area (Å²) in [5, 5.41) is 4.31. The van der Waals surface area contributed by atoms with Gasteiger partial charge in [0.1, 0.15) is 18.1 Å². The normalized spacial score (nSPS) is 11.0. The van der Waals surface area contributed by atoms with E-state index < -0.39 is 6.61 Å². The van der Waals surface area contributed by atoms with E-state index in [9.17, 15) is 8.78 Å². The second-order valence-corrected chi connectivity index (χ2v) is 4.82. The van der Waals surface area contributed by atoms with Crippen molar-refractivity contribution in [2.45, 2.75) is 13.2 Å². The van der Waals surface area contributed by atoms with E-state index in [1.165, 1.54) is 19.4 Å². The number of oxime groups is 1. The number of hydrogen-bond acceptors (Lipinski definition) is 4. The first-order chi connectivity index (χ1) is 11.1. The average molecular weight is 342 g/mol. The van der Waals surface area contributed by atoms with Gasteiger partial charge in [-0.15, -0.1) is 0 Å². The molecule has 0 unspecified atom stereocenters. The highest BCUT2D eigenvalue weighted by molar-refractivity contribution is 6.30. The molecule has 0 fully saturated rings. The van der Waals surface area contributed by atoms with Crippen molar-refractivity contribution < 1.29 is 23.1 Å². The number of ether oxygens (including phenoxy) is 2. The van der Waals surface area contributed by atoms with E-state index in [-0.39, 0.29) is 12.4 Å². The smallest absolute Gasteiger partial charge is 0.387 e. The topological polar surface area (TPSA) is 40.0 Å². The highest BCUT2D eigenvalue weighted by Gasteiger charge is 2.08. The Labute approximate surface area is 137 Å². The van der Waals surface area contributed by atoms with Crippen LogP contribution in [-0.2, 0) is 11.4 Å². The van der Waals surface area contributed by atoms with Crippen LogP contribution in [-0.4, -0.2) is 19.9 Å². The molecule has 0 bridgehead atoms. The molecule has 23 heavy (non-hydrogen) atoms. The standard InChI is InChI=1S/C16H14ClF2NO3/c1-21-14-7-6-13(17)8-12(14)10-22-20-9-11-4-2-3-5-15(11)23-16(18)19/h2-9,16H,10H2,1H3/b20-9+. The van der Waals surface area contributed by atoms with Gasteiger partial charge in [-0.25, -0.2) is 0 Å². The zero-order valence-electron chi connectivity index (χ0n) is 12.2. The predicted molar refractivity (Wildman–Crippen MR) is 83.5 cm³/mol. The lowest BCUT2D eigenvalue weighted by Crippen LogP contribution is -2.04. The molecule has 0 aliphatic heterocycles. The predicted octanol–water partition coefficient (Wildman–Crippen LogP) is 4.50. The van der Waals surface area contributed by atoms with Crippen molar-refractivity contribution in [2.24, 2.45) is 5.16 Å². The average Bonchev–Trinajstić information content (AvgIpc) is 2.52. The van der Waals surface area contributed by atoms with E-state index >= 15 is 0 Å². The van der Waals surface area contributed by atoms with Crippen molar-refractivity contribution in [2.75, 3.05) is 7.11 Å². The minimum atomic E-state index is -2.90. The Morgan fingerprint density at radius 1 is 1.17 bits per heavy atom. The van der Waals surface area contributed by atoms with Crippen LogP contribution in [0.3, 0.4) is 0 Å². The zero-order chi connectivity index (χ0) is 16.7. The van der Waals surface area contributed by atoms with Crippen molar-refractivity contribution in [1.82, 2.24) is 0 Å². The molecule has 0 saturated carbocycles. The number of alkyl halides is 2. The lowest BCUT2D eigenvalue weighted by atomic mass is 10.2. The first-order valence-corrected chi connectivity index (χ1v) is 6.99. The Kier molecular flexibility index (Phi) is 6.17. The van der Waals surface area contributed by atoms with Crippen LogP contribution in [0, 0.1) is 0 Å². The van der Waals surface area contributed by atoms with Gasteiger partial charge in [0.25, 0.3) is 0 Å². The first-order valence-electron chi connectivity index (χ1n) is 6.61. The Bertz CT molecular complexity index is 680. The maximum Gasteiger partial charge on any atom is 0.387 e. The van der Waals surface area contributed by atoms with E-state index in [1.54, 1.807) is 36.4 Å². The van der Waals surface area contributed by atoms with Crippen LogP contribution in [0.5, 0.6) is 11.5 Å². The molecule has 7 heteroatoms. The molecule has 0 aliphatic carbocycles. The highest BCUT2D eigenvalue weighted by Crippen LogP contribution is 2.23. The quantitative estimate of drug-likeness (QED) is 0.550. The Balaban J connectivity index is 2.02. The molecule has 4 nitrogen and oxygen atoms in total. The summed E-state index contributed by atoms with van der Waals surface area (Å²) in [5.74, 6) is 0.640. The molecule has 0 heterocycles. The van der Waals surface area contributed by atoms with Crippen molar-refractivity contribution in [3.8, 4) is 11.5 Å². The minimum Gasteiger partial charge on any atom is -0.496 e. The van der Waals surface area contributed by atoms with Crippen LogP contribution in [0.25, 0.3) is 0 Å². The Morgan fingerprint density at radius 3 is 2.70 bits per heavy atom. The lowest BCUT2D eigenvalue weighted by Gasteiger charge is -2.08. The molecule has 0 atom stereocenters. The van der Waals surface area contributed by atoms with Crippen molar-refractivity contribution in [3.05, 3.63) is 58.6 Å². The van der Waals surface area contributed by atoms with Crippen molar-refractivity contribution in [3.63, 3.8) is 0 Å². The van der Waals surface area contributed by atoms with E-state index in [0.717, 1.165) is 0 Å². The number of halogens is 3. The molecule has 0 aromatic heterocycles.